The molecular formula is C24H22Br2N2O4. The van der Waals surface area contributed by atoms with Gasteiger partial charge in [-0.15, -0.1) is 0 Å². The predicted octanol–water partition coefficient (Wildman–Crippen LogP) is 5.96. The Kier molecular flexibility index (Phi) is 8.70. The molecule has 1 N–H and O–H groups in total. The summed E-state index contributed by atoms with van der Waals surface area (Å²) in [6, 6.07) is 18.6. The molecule has 0 aromatic heterocycles. The van der Waals surface area contributed by atoms with Crippen LogP contribution in [0, 0.1) is 0 Å². The summed E-state index contributed by atoms with van der Waals surface area (Å²) in [5.74, 6) is 1.31. The summed E-state index contributed by atoms with van der Waals surface area (Å²) in [5.41, 5.74) is 4.69. The number of carbonyl (C=O) groups excluding carboxylic acids is 1. The van der Waals surface area contributed by atoms with Gasteiger partial charge in [0.05, 0.1) is 24.4 Å². The van der Waals surface area contributed by atoms with E-state index in [0.717, 1.165) is 14.5 Å². The second-order valence-corrected chi connectivity index (χ2v) is 8.35. The summed E-state index contributed by atoms with van der Waals surface area (Å²) in [5, 5.41) is 4.12. The van der Waals surface area contributed by atoms with E-state index in [1.54, 1.807) is 31.5 Å². The normalized spacial score (nSPS) is 10.8. The molecule has 0 heterocycles. The Labute approximate surface area is 203 Å². The predicted molar refractivity (Wildman–Crippen MR) is 132 cm³/mol. The van der Waals surface area contributed by atoms with Crippen molar-refractivity contribution in [1.82, 2.24) is 5.43 Å². The molecule has 3 aromatic rings. The highest BCUT2D eigenvalue weighted by Crippen LogP contribution is 2.33. The molecule has 0 unspecified atom stereocenters. The third-order valence-electron chi connectivity index (χ3n) is 4.36. The maximum atomic E-state index is 12.5. The minimum atomic E-state index is -0.370. The zero-order chi connectivity index (χ0) is 22.9. The third kappa shape index (κ3) is 6.34. The van der Waals surface area contributed by atoms with Crippen LogP contribution in [0.15, 0.2) is 74.7 Å². The van der Waals surface area contributed by atoms with Crippen molar-refractivity contribution in [3.05, 3.63) is 86.3 Å². The SMILES string of the molecule is CCOc1cc(C(=O)N/N=C/c2cc(Br)cc(Br)c2OCc2ccccc2)ccc1OC. The van der Waals surface area contributed by atoms with Gasteiger partial charge in [0, 0.05) is 15.6 Å². The Morgan fingerprint density at radius 2 is 1.81 bits per heavy atom. The van der Waals surface area contributed by atoms with Crippen LogP contribution in [-0.4, -0.2) is 25.8 Å². The fraction of sp³-hybridized carbons (Fsp3) is 0.167. The van der Waals surface area contributed by atoms with Crippen molar-refractivity contribution in [1.29, 1.82) is 0 Å². The minimum Gasteiger partial charge on any atom is -0.493 e. The lowest BCUT2D eigenvalue weighted by Crippen LogP contribution is -2.17. The highest BCUT2D eigenvalue weighted by atomic mass is 79.9. The number of methoxy groups -OCH3 is 1. The highest BCUT2D eigenvalue weighted by Gasteiger charge is 2.12. The van der Waals surface area contributed by atoms with Gasteiger partial charge in [0.1, 0.15) is 12.4 Å². The molecular weight excluding hydrogens is 540 g/mol. The second kappa shape index (κ2) is 11.7. The Balaban J connectivity index is 1.74. The van der Waals surface area contributed by atoms with Crippen LogP contribution in [0.1, 0.15) is 28.4 Å². The standard InChI is InChI=1S/C24H22Br2N2O4/c1-3-31-22-12-17(9-10-21(22)30-2)24(29)28-27-14-18-11-19(25)13-20(26)23(18)32-15-16-7-5-4-6-8-16/h4-14H,3,15H2,1-2H3,(H,28,29)/b27-14+. The van der Waals surface area contributed by atoms with Crippen LogP contribution in [0.25, 0.3) is 0 Å². The maximum Gasteiger partial charge on any atom is 0.271 e. The molecule has 3 rings (SSSR count). The van der Waals surface area contributed by atoms with Crippen molar-refractivity contribution in [2.75, 3.05) is 13.7 Å². The third-order valence-corrected chi connectivity index (χ3v) is 5.41. The van der Waals surface area contributed by atoms with Crippen LogP contribution in [0.3, 0.4) is 0 Å². The number of ether oxygens (including phenoxy) is 3. The summed E-state index contributed by atoms with van der Waals surface area (Å²) >= 11 is 7.01. The van der Waals surface area contributed by atoms with Crippen LogP contribution in [0.4, 0.5) is 0 Å². The van der Waals surface area contributed by atoms with Gasteiger partial charge in [-0.1, -0.05) is 46.3 Å². The lowest BCUT2D eigenvalue weighted by Gasteiger charge is -2.12. The van der Waals surface area contributed by atoms with Crippen molar-refractivity contribution >= 4 is 44.0 Å². The smallest absolute Gasteiger partial charge is 0.271 e. The first-order valence-electron chi connectivity index (χ1n) is 9.81. The molecule has 0 fully saturated rings. The fourth-order valence-electron chi connectivity index (χ4n) is 2.87. The first-order valence-corrected chi connectivity index (χ1v) is 11.4. The van der Waals surface area contributed by atoms with Gasteiger partial charge < -0.3 is 14.2 Å². The molecule has 0 spiro atoms. The molecule has 0 radical (unpaired) electrons. The first-order chi connectivity index (χ1) is 15.5. The van der Waals surface area contributed by atoms with Gasteiger partial charge in [-0.05, 0) is 58.7 Å². The number of rotatable bonds is 9. The van der Waals surface area contributed by atoms with E-state index in [4.69, 9.17) is 14.2 Å². The summed E-state index contributed by atoms with van der Waals surface area (Å²) in [7, 11) is 1.55. The Hall–Kier alpha value is -2.84. The summed E-state index contributed by atoms with van der Waals surface area (Å²) < 4.78 is 18.4. The number of halogens is 2. The van der Waals surface area contributed by atoms with Crippen LogP contribution in [0.5, 0.6) is 17.2 Å². The monoisotopic (exact) mass is 560 g/mol. The van der Waals surface area contributed by atoms with E-state index in [9.17, 15) is 4.79 Å². The molecule has 0 aliphatic rings. The van der Waals surface area contributed by atoms with Gasteiger partial charge in [0.25, 0.3) is 5.91 Å². The van der Waals surface area contributed by atoms with Crippen molar-refractivity contribution in [3.63, 3.8) is 0 Å². The molecule has 8 heteroatoms. The van der Waals surface area contributed by atoms with Crippen molar-refractivity contribution in [2.45, 2.75) is 13.5 Å². The van der Waals surface area contributed by atoms with Gasteiger partial charge in [-0.2, -0.15) is 5.10 Å². The van der Waals surface area contributed by atoms with E-state index in [1.165, 1.54) is 0 Å². The van der Waals surface area contributed by atoms with Gasteiger partial charge >= 0.3 is 0 Å². The molecule has 0 saturated heterocycles. The Morgan fingerprint density at radius 1 is 1.03 bits per heavy atom. The summed E-state index contributed by atoms with van der Waals surface area (Å²) in [4.78, 5) is 12.5. The second-order valence-electron chi connectivity index (χ2n) is 6.58. The van der Waals surface area contributed by atoms with Gasteiger partial charge in [-0.3, -0.25) is 4.79 Å². The molecule has 3 aromatic carbocycles. The van der Waals surface area contributed by atoms with Crippen molar-refractivity contribution < 1.29 is 19.0 Å². The molecule has 0 aliphatic heterocycles. The Morgan fingerprint density at radius 3 is 2.53 bits per heavy atom. The van der Waals surface area contributed by atoms with Gasteiger partial charge in [0.2, 0.25) is 0 Å². The van der Waals surface area contributed by atoms with Crippen molar-refractivity contribution in [3.8, 4) is 17.2 Å². The highest BCUT2D eigenvalue weighted by molar-refractivity contribution is 9.11. The molecule has 0 bridgehead atoms. The fourth-order valence-corrected chi connectivity index (χ4v) is 4.24. The molecule has 166 valence electrons. The lowest BCUT2D eigenvalue weighted by atomic mass is 10.2. The first kappa shape index (κ1) is 23.8. The average Bonchev–Trinajstić information content (AvgIpc) is 2.79. The van der Waals surface area contributed by atoms with E-state index in [0.29, 0.717) is 41.6 Å². The number of nitrogens with one attached hydrogen (secondary N) is 1. The number of hydrazone groups is 1. The molecule has 0 atom stereocenters. The number of amides is 1. The number of hydrogen-bond acceptors (Lipinski definition) is 5. The van der Waals surface area contributed by atoms with E-state index < -0.39 is 0 Å². The van der Waals surface area contributed by atoms with Crippen molar-refractivity contribution in [2.24, 2.45) is 5.10 Å². The van der Waals surface area contributed by atoms with E-state index >= 15 is 0 Å². The average molecular weight is 562 g/mol. The lowest BCUT2D eigenvalue weighted by molar-refractivity contribution is 0.0954. The number of hydrogen-bond donors (Lipinski definition) is 1. The summed E-state index contributed by atoms with van der Waals surface area (Å²) in [6.45, 7) is 2.73. The largest absolute Gasteiger partial charge is 0.493 e. The van der Waals surface area contributed by atoms with Gasteiger partial charge in [-0.25, -0.2) is 5.43 Å². The molecule has 1 amide bonds. The van der Waals surface area contributed by atoms with E-state index in [2.05, 4.69) is 42.4 Å². The zero-order valence-electron chi connectivity index (χ0n) is 17.6. The zero-order valence-corrected chi connectivity index (χ0v) is 20.8. The Bertz CT molecular complexity index is 1100. The molecule has 32 heavy (non-hydrogen) atoms. The van der Waals surface area contributed by atoms with Crippen LogP contribution >= 0.6 is 31.9 Å². The van der Waals surface area contributed by atoms with Crippen LogP contribution in [-0.2, 0) is 6.61 Å². The van der Waals surface area contributed by atoms with Crippen LogP contribution in [0.2, 0.25) is 0 Å². The molecule has 0 saturated carbocycles. The topological polar surface area (TPSA) is 69.2 Å². The number of nitrogens with zero attached hydrogens (tertiary/aromatic N) is 1. The summed E-state index contributed by atoms with van der Waals surface area (Å²) in [6.07, 6.45) is 1.54. The number of benzene rings is 3. The quantitative estimate of drug-likeness (QED) is 0.258. The van der Waals surface area contributed by atoms with E-state index in [-0.39, 0.29) is 5.91 Å². The van der Waals surface area contributed by atoms with Crippen LogP contribution < -0.4 is 19.6 Å². The number of carbonyl (C=O) groups is 1. The molecule has 6 nitrogen and oxygen atoms in total. The minimum absolute atomic E-state index is 0.370. The maximum absolute atomic E-state index is 12.5. The molecule has 0 aliphatic carbocycles. The van der Waals surface area contributed by atoms with E-state index in [1.807, 2.05) is 49.4 Å². The van der Waals surface area contributed by atoms with Gasteiger partial charge in [0.15, 0.2) is 11.5 Å².